The molecule has 1 aliphatic rings. The lowest BCUT2D eigenvalue weighted by molar-refractivity contribution is 0.00946. The molecule has 0 aromatic heterocycles. The summed E-state index contributed by atoms with van der Waals surface area (Å²) in [6, 6.07) is 0. The van der Waals surface area contributed by atoms with Crippen LogP contribution in [0.15, 0.2) is 0 Å². The maximum Gasteiger partial charge on any atom is 0.0794 e. The molecule has 0 bridgehead atoms. The van der Waals surface area contributed by atoms with Crippen LogP contribution in [-0.4, -0.2) is 74.0 Å². The fraction of sp³-hybridized carbons (Fsp3) is 0.818. The van der Waals surface area contributed by atoms with Crippen LogP contribution in [0.1, 0.15) is 0 Å². The van der Waals surface area contributed by atoms with Gasteiger partial charge in [0, 0.05) is 26.2 Å². The van der Waals surface area contributed by atoms with Crippen LogP contribution in [0.25, 0.3) is 0 Å². The van der Waals surface area contributed by atoms with E-state index in [1.165, 1.54) is 0 Å². The molecule has 86 valence electrons. The Morgan fingerprint density at radius 3 is 2.80 bits per heavy atom. The van der Waals surface area contributed by atoms with Crippen molar-refractivity contribution in [1.29, 1.82) is 0 Å². The lowest BCUT2D eigenvalue weighted by Gasteiger charge is -2.29. The quantitative estimate of drug-likeness (QED) is 0.608. The average molecular weight is 212 g/mol. The van der Waals surface area contributed by atoms with Gasteiger partial charge in [0.1, 0.15) is 0 Å². The Bertz CT molecular complexity index is 209. The molecule has 1 N–H and O–H groups in total. The van der Waals surface area contributed by atoms with Gasteiger partial charge in [-0.05, 0) is 7.05 Å². The Morgan fingerprint density at radius 2 is 2.20 bits per heavy atom. The molecule has 1 saturated heterocycles. The number of ether oxygens (including phenoxy) is 1. The van der Waals surface area contributed by atoms with Gasteiger partial charge in [-0.1, -0.05) is 5.92 Å². The van der Waals surface area contributed by atoms with Crippen molar-refractivity contribution >= 4 is 0 Å². The predicted octanol–water partition coefficient (Wildman–Crippen LogP) is -0.755. The highest BCUT2D eigenvalue weighted by Crippen LogP contribution is 1.99. The molecule has 0 aromatic rings. The molecule has 1 aliphatic heterocycles. The number of nitrogens with zero attached hydrogens (tertiary/aromatic N) is 2. The van der Waals surface area contributed by atoms with Crippen LogP contribution < -0.4 is 0 Å². The van der Waals surface area contributed by atoms with Crippen molar-refractivity contribution in [2.75, 3.05) is 53.0 Å². The minimum Gasteiger partial charge on any atom is -0.390 e. The molecule has 1 rings (SSSR count). The normalized spacial score (nSPS) is 20.1. The third-order valence-electron chi connectivity index (χ3n) is 2.46. The van der Waals surface area contributed by atoms with Crippen LogP contribution in [0, 0.1) is 12.3 Å². The van der Waals surface area contributed by atoms with Gasteiger partial charge < -0.3 is 9.84 Å². The van der Waals surface area contributed by atoms with Crippen molar-refractivity contribution in [3.05, 3.63) is 0 Å². The van der Waals surface area contributed by atoms with Gasteiger partial charge in [-0.15, -0.1) is 6.42 Å². The van der Waals surface area contributed by atoms with E-state index >= 15 is 0 Å². The zero-order chi connectivity index (χ0) is 11.1. The Morgan fingerprint density at radius 1 is 1.53 bits per heavy atom. The van der Waals surface area contributed by atoms with E-state index in [4.69, 9.17) is 11.2 Å². The second kappa shape index (κ2) is 6.81. The first kappa shape index (κ1) is 12.5. The number of aliphatic hydroxyl groups excluding tert-OH is 1. The molecule has 0 amide bonds. The monoisotopic (exact) mass is 212 g/mol. The summed E-state index contributed by atoms with van der Waals surface area (Å²) in [5.41, 5.74) is 0. The first-order chi connectivity index (χ1) is 7.22. The predicted molar refractivity (Wildman–Crippen MR) is 59.6 cm³/mol. The average Bonchev–Trinajstić information content (AvgIpc) is 2.19. The number of hydrogen-bond acceptors (Lipinski definition) is 4. The minimum absolute atomic E-state index is 0.332. The highest BCUT2D eigenvalue weighted by molar-refractivity contribution is 4.87. The summed E-state index contributed by atoms with van der Waals surface area (Å²) >= 11 is 0. The number of hydrogen-bond donors (Lipinski definition) is 1. The lowest BCUT2D eigenvalue weighted by Crippen LogP contribution is -2.44. The van der Waals surface area contributed by atoms with Crippen molar-refractivity contribution in [2.45, 2.75) is 6.10 Å². The summed E-state index contributed by atoms with van der Waals surface area (Å²) < 4.78 is 5.24. The molecule has 4 nitrogen and oxygen atoms in total. The number of likely N-dealkylation sites (N-methyl/N-ethyl adjacent to an activating group) is 1. The highest BCUT2D eigenvalue weighted by atomic mass is 16.5. The molecule has 15 heavy (non-hydrogen) atoms. The molecule has 4 heteroatoms. The van der Waals surface area contributed by atoms with E-state index < -0.39 is 0 Å². The van der Waals surface area contributed by atoms with Crippen LogP contribution >= 0.6 is 0 Å². The first-order valence-electron chi connectivity index (χ1n) is 5.32. The maximum absolute atomic E-state index is 9.81. The van der Waals surface area contributed by atoms with E-state index in [-0.39, 0.29) is 6.10 Å². The van der Waals surface area contributed by atoms with Gasteiger partial charge >= 0.3 is 0 Å². The summed E-state index contributed by atoms with van der Waals surface area (Å²) in [6.45, 7) is 5.28. The van der Waals surface area contributed by atoms with Crippen molar-refractivity contribution < 1.29 is 9.84 Å². The van der Waals surface area contributed by atoms with E-state index in [2.05, 4.69) is 10.8 Å². The molecule has 1 atom stereocenters. The molecule has 0 spiro atoms. The standard InChI is InChI=1S/C11H20N2O2/c1-3-4-12(2)9-11(14)10-13-5-7-15-8-6-13/h1,11,14H,4-10H2,2H3. The molecule has 1 fully saturated rings. The van der Waals surface area contributed by atoms with Crippen LogP contribution in [0.2, 0.25) is 0 Å². The van der Waals surface area contributed by atoms with Crippen molar-refractivity contribution in [1.82, 2.24) is 9.80 Å². The second-order valence-corrected chi connectivity index (χ2v) is 3.97. The van der Waals surface area contributed by atoms with Crippen molar-refractivity contribution in [2.24, 2.45) is 0 Å². The Balaban J connectivity index is 2.16. The summed E-state index contributed by atoms with van der Waals surface area (Å²) in [7, 11) is 1.92. The number of aliphatic hydroxyl groups is 1. The number of terminal acetylenes is 1. The van der Waals surface area contributed by atoms with Crippen LogP contribution in [0.3, 0.4) is 0 Å². The molecular formula is C11H20N2O2. The Labute approximate surface area is 91.8 Å². The van der Waals surface area contributed by atoms with Gasteiger partial charge in [0.2, 0.25) is 0 Å². The number of β-amino-alcohol motifs (C(OH)–C–C–N with tert-alkyl or cyclic N) is 1. The van der Waals surface area contributed by atoms with Gasteiger partial charge in [-0.25, -0.2) is 0 Å². The van der Waals surface area contributed by atoms with Gasteiger partial charge in [0.25, 0.3) is 0 Å². The van der Waals surface area contributed by atoms with Gasteiger partial charge in [-0.2, -0.15) is 0 Å². The Kier molecular flexibility index (Phi) is 5.66. The summed E-state index contributed by atoms with van der Waals surface area (Å²) in [5.74, 6) is 2.56. The molecule has 0 aliphatic carbocycles. The SMILES string of the molecule is C#CCN(C)CC(O)CN1CCOCC1. The summed E-state index contributed by atoms with van der Waals surface area (Å²) in [5, 5.41) is 9.81. The zero-order valence-electron chi connectivity index (χ0n) is 9.35. The fourth-order valence-corrected chi connectivity index (χ4v) is 1.72. The second-order valence-electron chi connectivity index (χ2n) is 3.97. The van der Waals surface area contributed by atoms with E-state index in [9.17, 15) is 5.11 Å². The van der Waals surface area contributed by atoms with Gasteiger partial charge in [-0.3, -0.25) is 9.80 Å². The lowest BCUT2D eigenvalue weighted by atomic mass is 10.3. The van der Waals surface area contributed by atoms with E-state index in [0.29, 0.717) is 19.6 Å². The van der Waals surface area contributed by atoms with Crippen molar-refractivity contribution in [3.8, 4) is 12.3 Å². The number of morpholine rings is 1. The van der Waals surface area contributed by atoms with Crippen LogP contribution in [-0.2, 0) is 4.74 Å². The zero-order valence-corrected chi connectivity index (χ0v) is 9.35. The van der Waals surface area contributed by atoms with Crippen LogP contribution in [0.4, 0.5) is 0 Å². The van der Waals surface area contributed by atoms with Crippen LogP contribution in [0.5, 0.6) is 0 Å². The molecule has 0 radical (unpaired) electrons. The number of rotatable bonds is 5. The minimum atomic E-state index is -0.332. The molecule has 0 saturated carbocycles. The summed E-state index contributed by atoms with van der Waals surface area (Å²) in [4.78, 5) is 4.17. The maximum atomic E-state index is 9.81. The highest BCUT2D eigenvalue weighted by Gasteiger charge is 2.15. The smallest absolute Gasteiger partial charge is 0.0794 e. The molecular weight excluding hydrogens is 192 g/mol. The third kappa shape index (κ3) is 5.14. The summed E-state index contributed by atoms with van der Waals surface area (Å²) in [6.07, 6.45) is 4.86. The Hall–Kier alpha value is -0.600. The topological polar surface area (TPSA) is 35.9 Å². The van der Waals surface area contributed by atoms with E-state index in [1.807, 2.05) is 11.9 Å². The molecule has 1 heterocycles. The largest absolute Gasteiger partial charge is 0.390 e. The van der Waals surface area contributed by atoms with Crippen molar-refractivity contribution in [3.63, 3.8) is 0 Å². The first-order valence-corrected chi connectivity index (χ1v) is 5.32. The van der Waals surface area contributed by atoms with Gasteiger partial charge in [0.15, 0.2) is 0 Å². The van der Waals surface area contributed by atoms with E-state index in [0.717, 1.165) is 26.3 Å². The van der Waals surface area contributed by atoms with E-state index in [1.54, 1.807) is 0 Å². The molecule has 1 unspecified atom stereocenters. The van der Waals surface area contributed by atoms with Gasteiger partial charge in [0.05, 0.1) is 25.9 Å². The fourth-order valence-electron chi connectivity index (χ4n) is 1.72. The third-order valence-corrected chi connectivity index (χ3v) is 2.46. The molecule has 0 aromatic carbocycles.